The Morgan fingerprint density at radius 3 is 2.48 bits per heavy atom. The summed E-state index contributed by atoms with van der Waals surface area (Å²) in [4.78, 5) is 44.9. The Hall–Kier alpha value is -2.99. The molecule has 4 heterocycles. The highest BCUT2D eigenvalue weighted by molar-refractivity contribution is 6.26. The van der Waals surface area contributed by atoms with Crippen LogP contribution in [0, 0.1) is 32.6 Å². The van der Waals surface area contributed by atoms with E-state index < -0.39 is 17.4 Å². The number of imide groups is 1. The number of carbonyl (C=O) groups excluding carboxylic acids is 3. The number of anilines is 2. The van der Waals surface area contributed by atoms with Crippen LogP contribution in [0.3, 0.4) is 0 Å². The molecule has 3 saturated heterocycles. The summed E-state index contributed by atoms with van der Waals surface area (Å²) < 4.78 is 0. The molecule has 0 bridgehead atoms. The van der Waals surface area contributed by atoms with Gasteiger partial charge in [-0.2, -0.15) is 0 Å². The van der Waals surface area contributed by atoms with Gasteiger partial charge >= 0.3 is 0 Å². The fraction of sp³-hybridized carbons (Fsp3) is 0.400. The maximum Gasteiger partial charge on any atom is 0.250 e. The Bertz CT molecular complexity index is 1190. The predicted octanol–water partition coefficient (Wildman–Crippen LogP) is 3.04. The molecule has 0 saturated carbocycles. The number of nitrogens with one attached hydrogen (secondary N) is 1. The van der Waals surface area contributed by atoms with Crippen molar-refractivity contribution in [2.75, 3.05) is 16.8 Å². The number of hydrogen-bond acceptors (Lipinski definition) is 4. The lowest BCUT2D eigenvalue weighted by molar-refractivity contribution is -0.135. The van der Waals surface area contributed by atoms with Gasteiger partial charge in [0.1, 0.15) is 5.54 Å². The molecule has 31 heavy (non-hydrogen) atoms. The van der Waals surface area contributed by atoms with Crippen molar-refractivity contribution in [1.29, 1.82) is 0 Å². The molecule has 1 N–H and O–H groups in total. The van der Waals surface area contributed by atoms with Crippen molar-refractivity contribution < 1.29 is 14.4 Å². The van der Waals surface area contributed by atoms with Crippen LogP contribution in [-0.4, -0.2) is 35.2 Å². The average Bonchev–Trinajstić information content (AvgIpc) is 3.42. The molecule has 3 amide bonds. The normalized spacial score (nSPS) is 31.4. The molecule has 6 rings (SSSR count). The summed E-state index contributed by atoms with van der Waals surface area (Å²) in [5.41, 5.74) is 4.15. The molecule has 4 atom stereocenters. The molecule has 4 aliphatic heterocycles. The van der Waals surface area contributed by atoms with Crippen molar-refractivity contribution in [2.24, 2.45) is 11.8 Å². The van der Waals surface area contributed by atoms with E-state index >= 15 is 0 Å². The van der Waals surface area contributed by atoms with Crippen LogP contribution in [0.25, 0.3) is 0 Å². The second kappa shape index (κ2) is 6.04. The number of benzene rings is 2. The van der Waals surface area contributed by atoms with E-state index in [2.05, 4.69) is 10.2 Å². The molecular weight excluding hydrogens is 390 g/mol. The molecule has 1 spiro atoms. The first-order valence-electron chi connectivity index (χ1n) is 11.0. The number of rotatable bonds is 1. The van der Waals surface area contributed by atoms with Crippen LogP contribution in [0.1, 0.15) is 35.1 Å². The molecule has 3 fully saturated rings. The zero-order valence-corrected chi connectivity index (χ0v) is 17.9. The summed E-state index contributed by atoms with van der Waals surface area (Å²) in [6.07, 6.45) is 1.76. The highest BCUT2D eigenvalue weighted by Gasteiger charge is 2.74. The lowest BCUT2D eigenvalue weighted by Crippen LogP contribution is -2.54. The van der Waals surface area contributed by atoms with E-state index in [-0.39, 0.29) is 23.8 Å². The quantitative estimate of drug-likeness (QED) is 0.727. The first-order valence-corrected chi connectivity index (χ1v) is 11.0. The van der Waals surface area contributed by atoms with Gasteiger partial charge in [0.2, 0.25) is 17.7 Å². The fourth-order valence-electron chi connectivity index (χ4n) is 6.61. The van der Waals surface area contributed by atoms with E-state index in [0.717, 1.165) is 47.3 Å². The van der Waals surface area contributed by atoms with Gasteiger partial charge < -0.3 is 5.32 Å². The molecule has 4 aliphatic rings. The summed E-state index contributed by atoms with van der Waals surface area (Å²) in [7, 11) is 0. The van der Waals surface area contributed by atoms with Gasteiger partial charge in [0, 0.05) is 17.3 Å². The van der Waals surface area contributed by atoms with E-state index in [1.54, 1.807) is 0 Å². The van der Waals surface area contributed by atoms with Crippen molar-refractivity contribution in [3.8, 4) is 0 Å². The first-order chi connectivity index (χ1) is 14.9. The van der Waals surface area contributed by atoms with Crippen LogP contribution in [0.2, 0.25) is 0 Å². The Labute approximate surface area is 181 Å². The Balaban J connectivity index is 1.57. The predicted molar refractivity (Wildman–Crippen MR) is 117 cm³/mol. The Morgan fingerprint density at radius 2 is 1.71 bits per heavy atom. The van der Waals surface area contributed by atoms with Crippen LogP contribution in [0.15, 0.2) is 36.4 Å². The van der Waals surface area contributed by atoms with E-state index in [9.17, 15) is 14.4 Å². The molecule has 158 valence electrons. The fourth-order valence-corrected chi connectivity index (χ4v) is 6.61. The first kappa shape index (κ1) is 18.8. The zero-order chi connectivity index (χ0) is 21.7. The Kier molecular flexibility index (Phi) is 3.65. The molecule has 2 aromatic rings. The smallest absolute Gasteiger partial charge is 0.250 e. The topological polar surface area (TPSA) is 69.7 Å². The van der Waals surface area contributed by atoms with Crippen molar-refractivity contribution in [3.05, 3.63) is 58.7 Å². The molecule has 0 radical (unpaired) electrons. The molecule has 6 heteroatoms. The number of aryl methyl sites for hydroxylation is 3. The van der Waals surface area contributed by atoms with Crippen LogP contribution < -0.4 is 10.2 Å². The Morgan fingerprint density at radius 1 is 0.968 bits per heavy atom. The minimum atomic E-state index is -1.10. The van der Waals surface area contributed by atoms with E-state index in [4.69, 9.17) is 0 Å². The van der Waals surface area contributed by atoms with Crippen molar-refractivity contribution in [2.45, 2.75) is 45.2 Å². The second-order valence-corrected chi connectivity index (χ2v) is 9.48. The zero-order valence-electron chi connectivity index (χ0n) is 17.9. The van der Waals surface area contributed by atoms with Gasteiger partial charge in [-0.15, -0.1) is 0 Å². The molecule has 6 nitrogen and oxygen atoms in total. The highest BCUT2D eigenvalue weighted by Crippen LogP contribution is 2.60. The minimum absolute atomic E-state index is 0.0885. The molecule has 2 aromatic carbocycles. The van der Waals surface area contributed by atoms with Crippen LogP contribution in [-0.2, 0) is 19.9 Å². The summed E-state index contributed by atoms with van der Waals surface area (Å²) in [5.74, 6) is -1.77. The maximum atomic E-state index is 14.0. The van der Waals surface area contributed by atoms with Crippen LogP contribution >= 0.6 is 0 Å². The summed E-state index contributed by atoms with van der Waals surface area (Å²) in [6, 6.07) is 11.6. The van der Waals surface area contributed by atoms with Crippen molar-refractivity contribution in [3.63, 3.8) is 0 Å². The lowest BCUT2D eigenvalue weighted by Gasteiger charge is -2.37. The van der Waals surface area contributed by atoms with Gasteiger partial charge in [-0.25, -0.2) is 4.90 Å². The van der Waals surface area contributed by atoms with E-state index in [1.165, 1.54) is 4.90 Å². The average molecular weight is 415 g/mol. The monoisotopic (exact) mass is 415 g/mol. The molecule has 4 unspecified atom stereocenters. The van der Waals surface area contributed by atoms with Crippen molar-refractivity contribution >= 4 is 29.1 Å². The second-order valence-electron chi connectivity index (χ2n) is 9.48. The number of nitrogens with zero attached hydrogens (tertiary/aromatic N) is 2. The van der Waals surface area contributed by atoms with Gasteiger partial charge in [0.05, 0.1) is 17.5 Å². The van der Waals surface area contributed by atoms with E-state index in [0.29, 0.717) is 5.69 Å². The number of amides is 3. The van der Waals surface area contributed by atoms with Gasteiger partial charge in [0.25, 0.3) is 0 Å². The third-order valence-corrected chi connectivity index (χ3v) is 7.74. The third kappa shape index (κ3) is 2.13. The van der Waals surface area contributed by atoms with Crippen LogP contribution in [0.5, 0.6) is 0 Å². The number of hydrogen-bond donors (Lipinski definition) is 1. The largest absolute Gasteiger partial charge is 0.324 e. The lowest BCUT2D eigenvalue weighted by atomic mass is 9.75. The standard InChI is InChI=1S/C25H25N3O3/c1-13-7-9-18(15(3)11-13)28-22(29)20-19-5-4-10-27(19)25(21(20)23(28)30)16-12-14(2)6-8-17(16)26-24(25)31/h6-9,11-12,19-21H,4-5,10H2,1-3H3,(H,26,31). The van der Waals surface area contributed by atoms with Crippen molar-refractivity contribution in [1.82, 2.24) is 4.90 Å². The van der Waals surface area contributed by atoms with E-state index in [1.807, 2.05) is 57.2 Å². The number of fused-ring (bicyclic) bond motifs is 7. The molecule has 0 aromatic heterocycles. The molecular formula is C25H25N3O3. The van der Waals surface area contributed by atoms with Gasteiger partial charge in [0.15, 0.2) is 0 Å². The van der Waals surface area contributed by atoms with Gasteiger partial charge in [-0.05, 0) is 57.9 Å². The maximum absolute atomic E-state index is 14.0. The molecule has 0 aliphatic carbocycles. The summed E-state index contributed by atoms with van der Waals surface area (Å²) >= 11 is 0. The number of carbonyl (C=O) groups is 3. The summed E-state index contributed by atoms with van der Waals surface area (Å²) in [6.45, 7) is 6.64. The highest BCUT2D eigenvalue weighted by atomic mass is 16.2. The SMILES string of the molecule is Cc1ccc(N2C(=O)C3C4CCCN4C4(C(=O)Nc5ccc(C)cc54)C3C2=O)c(C)c1. The summed E-state index contributed by atoms with van der Waals surface area (Å²) in [5, 5.41) is 3.03. The van der Waals surface area contributed by atoms with Gasteiger partial charge in [-0.1, -0.05) is 35.4 Å². The van der Waals surface area contributed by atoms with Crippen LogP contribution in [0.4, 0.5) is 11.4 Å². The third-order valence-electron chi connectivity index (χ3n) is 7.74. The van der Waals surface area contributed by atoms with Gasteiger partial charge in [-0.3, -0.25) is 19.3 Å². The minimum Gasteiger partial charge on any atom is -0.324 e.